The van der Waals surface area contributed by atoms with E-state index in [2.05, 4.69) is 21.2 Å². The number of rotatable bonds is 7. The second-order valence-electron chi connectivity index (χ2n) is 4.28. The molecule has 0 saturated carbocycles. The molecule has 1 aromatic carbocycles. The molecule has 0 aliphatic rings. The molecule has 0 fully saturated rings. The summed E-state index contributed by atoms with van der Waals surface area (Å²) in [6, 6.07) is 8.02. The SMILES string of the molecule is CN(CCc1ccc(Br)cc1)CC(=O)NCC(=O)O.Cl. The van der Waals surface area contributed by atoms with Gasteiger partial charge < -0.3 is 10.4 Å². The van der Waals surface area contributed by atoms with Crippen LogP contribution in [0.5, 0.6) is 0 Å². The molecule has 112 valence electrons. The van der Waals surface area contributed by atoms with Crippen molar-refractivity contribution in [3.8, 4) is 0 Å². The Morgan fingerprint density at radius 2 is 1.90 bits per heavy atom. The van der Waals surface area contributed by atoms with Crippen molar-refractivity contribution in [2.24, 2.45) is 0 Å². The molecule has 7 heteroatoms. The molecule has 0 heterocycles. The summed E-state index contributed by atoms with van der Waals surface area (Å²) in [5.74, 6) is -1.31. The minimum atomic E-state index is -1.04. The highest BCUT2D eigenvalue weighted by Gasteiger charge is 2.07. The van der Waals surface area contributed by atoms with E-state index in [0.717, 1.165) is 17.4 Å². The van der Waals surface area contributed by atoms with Crippen LogP contribution in [-0.4, -0.2) is 48.6 Å². The molecule has 2 N–H and O–H groups in total. The number of aliphatic carboxylic acids is 1. The van der Waals surface area contributed by atoms with Crippen LogP contribution < -0.4 is 5.32 Å². The van der Waals surface area contributed by atoms with Crippen molar-refractivity contribution in [1.29, 1.82) is 0 Å². The van der Waals surface area contributed by atoms with Crippen LogP contribution in [0.15, 0.2) is 28.7 Å². The van der Waals surface area contributed by atoms with Gasteiger partial charge in [-0.3, -0.25) is 14.5 Å². The average Bonchev–Trinajstić information content (AvgIpc) is 2.36. The van der Waals surface area contributed by atoms with Gasteiger partial charge in [-0.15, -0.1) is 12.4 Å². The summed E-state index contributed by atoms with van der Waals surface area (Å²) in [5.41, 5.74) is 1.20. The fourth-order valence-corrected chi connectivity index (χ4v) is 1.79. The van der Waals surface area contributed by atoms with E-state index in [9.17, 15) is 9.59 Å². The van der Waals surface area contributed by atoms with Crippen LogP contribution in [0.25, 0.3) is 0 Å². The fraction of sp³-hybridized carbons (Fsp3) is 0.385. The van der Waals surface area contributed by atoms with E-state index in [0.29, 0.717) is 0 Å². The molecule has 0 spiro atoms. The van der Waals surface area contributed by atoms with Gasteiger partial charge >= 0.3 is 5.97 Å². The topological polar surface area (TPSA) is 69.6 Å². The van der Waals surface area contributed by atoms with Crippen molar-refractivity contribution in [2.45, 2.75) is 6.42 Å². The molecule has 20 heavy (non-hydrogen) atoms. The Bertz CT molecular complexity index is 440. The maximum atomic E-state index is 11.4. The summed E-state index contributed by atoms with van der Waals surface area (Å²) in [5, 5.41) is 10.8. The van der Waals surface area contributed by atoms with Crippen molar-refractivity contribution in [3.63, 3.8) is 0 Å². The van der Waals surface area contributed by atoms with E-state index in [-0.39, 0.29) is 31.4 Å². The summed E-state index contributed by atoms with van der Waals surface area (Å²) in [7, 11) is 1.83. The Balaban J connectivity index is 0.00000361. The number of carbonyl (C=O) groups is 2. The number of carboxylic acid groups (broad SMARTS) is 1. The lowest BCUT2D eigenvalue weighted by molar-refractivity contribution is -0.138. The highest BCUT2D eigenvalue weighted by Crippen LogP contribution is 2.10. The van der Waals surface area contributed by atoms with Crippen LogP contribution in [-0.2, 0) is 16.0 Å². The lowest BCUT2D eigenvalue weighted by Crippen LogP contribution is -2.38. The summed E-state index contributed by atoms with van der Waals surface area (Å²) in [6.45, 7) is 0.602. The molecule has 5 nitrogen and oxygen atoms in total. The Morgan fingerprint density at radius 1 is 1.30 bits per heavy atom. The number of likely N-dealkylation sites (N-methyl/N-ethyl adjacent to an activating group) is 1. The second kappa shape index (κ2) is 9.74. The van der Waals surface area contributed by atoms with Gasteiger partial charge in [-0.25, -0.2) is 0 Å². The highest BCUT2D eigenvalue weighted by molar-refractivity contribution is 9.10. The quantitative estimate of drug-likeness (QED) is 0.769. The predicted octanol–water partition coefficient (Wildman–Crippen LogP) is 1.55. The van der Waals surface area contributed by atoms with E-state index >= 15 is 0 Å². The van der Waals surface area contributed by atoms with Crippen molar-refractivity contribution in [3.05, 3.63) is 34.3 Å². The van der Waals surface area contributed by atoms with Gasteiger partial charge in [0.15, 0.2) is 0 Å². The summed E-state index contributed by atoms with van der Waals surface area (Å²) >= 11 is 3.38. The number of nitrogens with zero attached hydrogens (tertiary/aromatic N) is 1. The number of hydrogen-bond acceptors (Lipinski definition) is 3. The maximum Gasteiger partial charge on any atom is 0.322 e. The Labute approximate surface area is 132 Å². The van der Waals surface area contributed by atoms with E-state index in [1.54, 1.807) is 0 Å². The van der Waals surface area contributed by atoms with Crippen molar-refractivity contribution in [1.82, 2.24) is 10.2 Å². The van der Waals surface area contributed by atoms with Gasteiger partial charge in [0.2, 0.25) is 5.91 Å². The van der Waals surface area contributed by atoms with Crippen molar-refractivity contribution < 1.29 is 14.7 Å². The Kier molecular flexibility index (Phi) is 9.20. The third kappa shape index (κ3) is 8.14. The lowest BCUT2D eigenvalue weighted by atomic mass is 10.1. The first-order valence-electron chi connectivity index (χ1n) is 5.89. The lowest BCUT2D eigenvalue weighted by Gasteiger charge is -2.15. The first kappa shape index (κ1) is 18.9. The number of benzene rings is 1. The molecule has 0 saturated heterocycles. The number of halogens is 2. The van der Waals surface area contributed by atoms with Crippen LogP contribution >= 0.6 is 28.3 Å². The molecule has 1 amide bonds. The first-order chi connectivity index (χ1) is 8.97. The standard InChI is InChI=1S/C13H17BrN2O3.ClH/c1-16(9-12(17)15-8-13(18)19)7-6-10-2-4-11(14)5-3-10;/h2-5H,6-9H2,1H3,(H,15,17)(H,18,19);1H. The number of amides is 1. The van der Waals surface area contributed by atoms with Crippen LogP contribution in [0.2, 0.25) is 0 Å². The second-order valence-corrected chi connectivity index (χ2v) is 5.20. The molecular weight excluding hydrogens is 348 g/mol. The third-order valence-corrected chi connectivity index (χ3v) is 3.07. The zero-order valence-electron chi connectivity index (χ0n) is 11.1. The van der Waals surface area contributed by atoms with E-state index in [4.69, 9.17) is 5.11 Å². The molecule has 0 atom stereocenters. The fourth-order valence-electron chi connectivity index (χ4n) is 1.53. The molecule has 0 unspecified atom stereocenters. The van der Waals surface area contributed by atoms with Gasteiger partial charge in [0.25, 0.3) is 0 Å². The number of hydrogen-bond donors (Lipinski definition) is 2. The highest BCUT2D eigenvalue weighted by atomic mass is 79.9. The van der Waals surface area contributed by atoms with Crippen LogP contribution in [0.3, 0.4) is 0 Å². The predicted molar refractivity (Wildman–Crippen MR) is 83.2 cm³/mol. The largest absolute Gasteiger partial charge is 0.480 e. The summed E-state index contributed by atoms with van der Waals surface area (Å²) in [6.07, 6.45) is 0.843. The van der Waals surface area contributed by atoms with E-state index in [1.807, 2.05) is 36.2 Å². The van der Waals surface area contributed by atoms with E-state index < -0.39 is 5.97 Å². The van der Waals surface area contributed by atoms with Gasteiger partial charge in [-0.2, -0.15) is 0 Å². The zero-order chi connectivity index (χ0) is 14.3. The Hall–Kier alpha value is -1.11. The monoisotopic (exact) mass is 364 g/mol. The molecule has 1 aromatic rings. The maximum absolute atomic E-state index is 11.4. The molecule has 0 bridgehead atoms. The molecule has 0 aliphatic carbocycles. The number of carbonyl (C=O) groups excluding carboxylic acids is 1. The van der Waals surface area contributed by atoms with Gasteiger partial charge in [-0.05, 0) is 31.2 Å². The third-order valence-electron chi connectivity index (χ3n) is 2.55. The summed E-state index contributed by atoms with van der Waals surface area (Å²) in [4.78, 5) is 23.5. The number of carboxylic acids is 1. The van der Waals surface area contributed by atoms with Crippen LogP contribution in [0.4, 0.5) is 0 Å². The Morgan fingerprint density at radius 3 is 2.45 bits per heavy atom. The van der Waals surface area contributed by atoms with Gasteiger partial charge in [0.05, 0.1) is 6.54 Å². The first-order valence-corrected chi connectivity index (χ1v) is 6.68. The van der Waals surface area contributed by atoms with Crippen molar-refractivity contribution in [2.75, 3.05) is 26.7 Å². The van der Waals surface area contributed by atoms with Gasteiger partial charge in [0.1, 0.15) is 6.54 Å². The average molecular weight is 366 g/mol. The normalized spacial score (nSPS) is 9.95. The zero-order valence-corrected chi connectivity index (χ0v) is 13.5. The molecular formula is C13H18BrClN2O3. The van der Waals surface area contributed by atoms with Gasteiger partial charge in [0, 0.05) is 11.0 Å². The van der Waals surface area contributed by atoms with Gasteiger partial charge in [-0.1, -0.05) is 28.1 Å². The molecule has 1 rings (SSSR count). The minimum absolute atomic E-state index is 0. The van der Waals surface area contributed by atoms with Crippen LogP contribution in [0.1, 0.15) is 5.56 Å². The minimum Gasteiger partial charge on any atom is -0.480 e. The smallest absolute Gasteiger partial charge is 0.322 e. The van der Waals surface area contributed by atoms with Crippen LogP contribution in [0, 0.1) is 0 Å². The number of nitrogens with one attached hydrogen (secondary N) is 1. The summed E-state index contributed by atoms with van der Waals surface area (Å²) < 4.78 is 1.04. The molecule has 0 radical (unpaired) electrons. The van der Waals surface area contributed by atoms with Crippen molar-refractivity contribution >= 4 is 40.2 Å². The molecule has 0 aliphatic heterocycles. The van der Waals surface area contributed by atoms with E-state index in [1.165, 1.54) is 5.56 Å². The molecule has 0 aromatic heterocycles.